The van der Waals surface area contributed by atoms with Gasteiger partial charge in [-0.05, 0) is 49.6 Å². The van der Waals surface area contributed by atoms with E-state index in [1.54, 1.807) is 26.1 Å². The van der Waals surface area contributed by atoms with Crippen LogP contribution in [-0.4, -0.2) is 28.7 Å². The summed E-state index contributed by atoms with van der Waals surface area (Å²) in [6.45, 7) is 5.43. The first-order valence-electron chi connectivity index (χ1n) is 10.2. The van der Waals surface area contributed by atoms with Crippen LogP contribution in [-0.2, 0) is 0 Å². The highest BCUT2D eigenvalue weighted by Crippen LogP contribution is 2.40. The maximum Gasteiger partial charge on any atom is 0.394 e. The van der Waals surface area contributed by atoms with Gasteiger partial charge >= 0.3 is 12.2 Å². The predicted molar refractivity (Wildman–Crippen MR) is 128 cm³/mol. The van der Waals surface area contributed by atoms with E-state index in [-0.39, 0.29) is 31.1 Å². The van der Waals surface area contributed by atoms with Crippen molar-refractivity contribution in [2.45, 2.75) is 40.3 Å². The molecular formula is C23H26ClF4N5O. The molecule has 0 saturated carbocycles. The van der Waals surface area contributed by atoms with Crippen LogP contribution in [0.25, 0.3) is 22.0 Å². The Labute approximate surface area is 200 Å². The molecule has 0 fully saturated rings. The van der Waals surface area contributed by atoms with Gasteiger partial charge in [0.05, 0.1) is 16.6 Å². The average molecular weight is 500 g/mol. The van der Waals surface area contributed by atoms with Gasteiger partial charge in [-0.2, -0.15) is 13.2 Å². The summed E-state index contributed by atoms with van der Waals surface area (Å²) in [7, 11) is 0. The van der Waals surface area contributed by atoms with E-state index in [0.717, 1.165) is 24.8 Å². The number of amides is 2. The van der Waals surface area contributed by atoms with Gasteiger partial charge in [0.25, 0.3) is 0 Å². The Hall–Kier alpha value is -3.14. The van der Waals surface area contributed by atoms with Crippen molar-refractivity contribution in [1.29, 1.82) is 0 Å². The molecule has 0 radical (unpaired) electrons. The fourth-order valence-corrected chi connectivity index (χ4v) is 3.31. The minimum Gasteiger partial charge on any atom is -0.384 e. The number of pyridine rings is 2. The second kappa shape index (κ2) is 10.0. The van der Waals surface area contributed by atoms with Crippen molar-refractivity contribution in [2.75, 3.05) is 17.6 Å². The third-order valence-corrected chi connectivity index (χ3v) is 5.57. The lowest BCUT2D eigenvalue weighted by molar-refractivity contribution is -0.213. The molecule has 34 heavy (non-hydrogen) atoms. The number of halogens is 5. The number of carbonyl (C=O) groups is 1. The Morgan fingerprint density at radius 3 is 2.41 bits per heavy atom. The molecule has 11 heteroatoms. The van der Waals surface area contributed by atoms with Crippen LogP contribution in [0.1, 0.15) is 31.5 Å². The molecule has 0 aliphatic rings. The number of rotatable bonds is 5. The molecule has 2 amide bonds. The fraction of sp³-hybridized carbons (Fsp3) is 0.348. The molecule has 3 aromatic rings. The van der Waals surface area contributed by atoms with Crippen LogP contribution in [0.15, 0.2) is 30.5 Å². The summed E-state index contributed by atoms with van der Waals surface area (Å²) in [5.41, 5.74) is 7.00. The molecule has 0 saturated heterocycles. The van der Waals surface area contributed by atoms with Gasteiger partial charge in [0.1, 0.15) is 11.6 Å². The molecule has 6 nitrogen and oxygen atoms in total. The number of urea groups is 1. The SMILES string of the molecule is Cc1cc(F)c(NC(=O)NCCC(C)(C)C(F)(F)F)cc1-c1cc2cnc(N)cc2nc1C.Cl. The minimum atomic E-state index is -4.39. The van der Waals surface area contributed by atoms with Crippen LogP contribution in [0.2, 0.25) is 0 Å². The Bertz CT molecular complexity index is 1210. The first-order valence-corrected chi connectivity index (χ1v) is 10.2. The number of hydrogen-bond acceptors (Lipinski definition) is 4. The minimum absolute atomic E-state index is 0. The van der Waals surface area contributed by atoms with E-state index in [0.29, 0.717) is 28.2 Å². The molecule has 0 bridgehead atoms. The van der Waals surface area contributed by atoms with E-state index in [1.165, 1.54) is 12.1 Å². The normalized spacial score (nSPS) is 11.8. The van der Waals surface area contributed by atoms with E-state index >= 15 is 0 Å². The zero-order chi connectivity index (χ0) is 24.6. The van der Waals surface area contributed by atoms with Gasteiger partial charge in [0, 0.05) is 35.5 Å². The number of fused-ring (bicyclic) bond motifs is 1. The van der Waals surface area contributed by atoms with Crippen LogP contribution in [0, 0.1) is 25.1 Å². The molecule has 0 atom stereocenters. The number of aryl methyl sites for hydroxylation is 2. The number of hydrogen-bond donors (Lipinski definition) is 3. The second-order valence-electron chi connectivity index (χ2n) is 8.58. The highest BCUT2D eigenvalue weighted by Gasteiger charge is 2.46. The summed E-state index contributed by atoms with van der Waals surface area (Å²) >= 11 is 0. The van der Waals surface area contributed by atoms with Crippen molar-refractivity contribution in [2.24, 2.45) is 5.41 Å². The van der Waals surface area contributed by atoms with Crippen molar-refractivity contribution < 1.29 is 22.4 Å². The van der Waals surface area contributed by atoms with Crippen LogP contribution in [0.3, 0.4) is 0 Å². The number of alkyl halides is 3. The molecule has 0 unspecified atom stereocenters. The lowest BCUT2D eigenvalue weighted by Gasteiger charge is -2.27. The number of benzene rings is 1. The molecule has 0 aliphatic carbocycles. The Morgan fingerprint density at radius 1 is 1.09 bits per heavy atom. The van der Waals surface area contributed by atoms with Crippen LogP contribution in [0.4, 0.5) is 33.9 Å². The van der Waals surface area contributed by atoms with E-state index in [9.17, 15) is 22.4 Å². The second-order valence-corrected chi connectivity index (χ2v) is 8.58. The van der Waals surface area contributed by atoms with Crippen LogP contribution < -0.4 is 16.4 Å². The summed E-state index contributed by atoms with van der Waals surface area (Å²) in [5.74, 6) is -0.320. The monoisotopic (exact) mass is 499 g/mol. The lowest BCUT2D eigenvalue weighted by atomic mass is 9.89. The fourth-order valence-electron chi connectivity index (χ4n) is 3.31. The van der Waals surface area contributed by atoms with Crippen molar-refractivity contribution in [3.63, 3.8) is 0 Å². The van der Waals surface area contributed by atoms with E-state index < -0.39 is 23.4 Å². The predicted octanol–water partition coefficient (Wildman–Crippen LogP) is 6.16. The number of anilines is 2. The quantitative estimate of drug-likeness (QED) is 0.367. The van der Waals surface area contributed by atoms with Crippen LogP contribution in [0.5, 0.6) is 0 Å². The van der Waals surface area contributed by atoms with E-state index in [2.05, 4.69) is 20.6 Å². The maximum atomic E-state index is 14.5. The number of nitrogens with one attached hydrogen (secondary N) is 2. The van der Waals surface area contributed by atoms with Crippen LogP contribution >= 0.6 is 12.4 Å². The molecule has 184 valence electrons. The Kier molecular flexibility index (Phi) is 7.98. The highest BCUT2D eigenvalue weighted by atomic mass is 35.5. The zero-order valence-electron chi connectivity index (χ0n) is 19.1. The highest BCUT2D eigenvalue weighted by molar-refractivity contribution is 5.92. The first kappa shape index (κ1) is 27.1. The van der Waals surface area contributed by atoms with Crippen molar-refractivity contribution >= 4 is 40.8 Å². The molecule has 0 aliphatic heterocycles. The maximum absolute atomic E-state index is 14.5. The number of nitrogens with two attached hydrogens (primary N) is 1. The largest absolute Gasteiger partial charge is 0.394 e. The van der Waals surface area contributed by atoms with Gasteiger partial charge in [-0.25, -0.2) is 14.2 Å². The van der Waals surface area contributed by atoms with Crippen molar-refractivity contribution in [3.8, 4) is 11.1 Å². The lowest BCUT2D eigenvalue weighted by Crippen LogP contribution is -2.37. The Balaban J connectivity index is 0.00000408. The van der Waals surface area contributed by atoms with Gasteiger partial charge in [-0.15, -0.1) is 12.4 Å². The van der Waals surface area contributed by atoms with Crippen molar-refractivity contribution in [1.82, 2.24) is 15.3 Å². The van der Waals surface area contributed by atoms with E-state index in [1.807, 2.05) is 6.07 Å². The summed E-state index contributed by atoms with van der Waals surface area (Å²) in [6, 6.07) is 5.47. The van der Waals surface area contributed by atoms with Crippen molar-refractivity contribution in [3.05, 3.63) is 47.5 Å². The van der Waals surface area contributed by atoms with Gasteiger partial charge in [0.15, 0.2) is 0 Å². The third-order valence-electron chi connectivity index (χ3n) is 5.57. The molecule has 2 aromatic heterocycles. The molecule has 3 rings (SSSR count). The molecule has 4 N–H and O–H groups in total. The van der Waals surface area contributed by atoms with Gasteiger partial charge in [0.2, 0.25) is 0 Å². The van der Waals surface area contributed by atoms with Gasteiger partial charge in [-0.3, -0.25) is 4.98 Å². The Morgan fingerprint density at radius 2 is 1.76 bits per heavy atom. The summed E-state index contributed by atoms with van der Waals surface area (Å²) in [4.78, 5) is 20.8. The summed E-state index contributed by atoms with van der Waals surface area (Å²) in [5, 5.41) is 5.48. The number of nitrogen functional groups attached to an aromatic ring is 1. The first-order chi connectivity index (χ1) is 15.3. The molecule has 2 heterocycles. The van der Waals surface area contributed by atoms with Gasteiger partial charge in [-0.1, -0.05) is 13.8 Å². The number of carbonyl (C=O) groups excluding carboxylic acids is 1. The smallest absolute Gasteiger partial charge is 0.384 e. The molecule has 0 spiro atoms. The summed E-state index contributed by atoms with van der Waals surface area (Å²) in [6.07, 6.45) is -3.11. The third kappa shape index (κ3) is 5.85. The number of nitrogens with zero attached hydrogens (tertiary/aromatic N) is 2. The zero-order valence-corrected chi connectivity index (χ0v) is 19.9. The van der Waals surface area contributed by atoms with Gasteiger partial charge < -0.3 is 16.4 Å². The topological polar surface area (TPSA) is 92.9 Å². The molecular weight excluding hydrogens is 474 g/mol. The van der Waals surface area contributed by atoms with E-state index in [4.69, 9.17) is 5.73 Å². The molecule has 1 aromatic carbocycles. The standard InChI is InChI=1S/C23H25F4N5O.ClH/c1-12-7-17(24)19(32-21(33)29-6-5-22(3,4)23(25,26)27)9-15(12)16-8-14-11-30-20(28)10-18(14)31-13(16)2;/h7-11H,5-6H2,1-4H3,(H2,28,30)(H2,29,32,33);1H. The summed E-state index contributed by atoms with van der Waals surface area (Å²) < 4.78 is 53.4. The average Bonchev–Trinajstić information content (AvgIpc) is 2.68. The number of aromatic nitrogens is 2.